The summed E-state index contributed by atoms with van der Waals surface area (Å²) >= 11 is 0. The Morgan fingerprint density at radius 1 is 1.27 bits per heavy atom. The van der Waals surface area contributed by atoms with E-state index >= 15 is 0 Å². The first-order valence-corrected chi connectivity index (χ1v) is 6.21. The number of carbonyl (C=O) groups is 1. The normalized spacial score (nSPS) is 11.1. The van der Waals surface area contributed by atoms with Crippen molar-refractivity contribution in [3.63, 3.8) is 0 Å². The summed E-state index contributed by atoms with van der Waals surface area (Å²) in [6.07, 6.45) is 0. The van der Waals surface area contributed by atoms with E-state index in [9.17, 15) is 13.2 Å². The summed E-state index contributed by atoms with van der Waals surface area (Å²) in [5.74, 6) is -0.165. The summed E-state index contributed by atoms with van der Waals surface area (Å²) < 4.78 is 22.9. The molecule has 0 spiro atoms. The Bertz CT molecular complexity index is 448. The zero-order valence-corrected chi connectivity index (χ0v) is 9.47. The number of hydrogen-bond acceptors (Lipinski definition) is 3. The van der Waals surface area contributed by atoms with Crippen LogP contribution in [0, 0.1) is 0 Å². The molecular formula is C10H13NO3S. The summed E-state index contributed by atoms with van der Waals surface area (Å²) in [7, 11) is -1.65. The van der Waals surface area contributed by atoms with Gasteiger partial charge in [-0.3, -0.25) is 4.79 Å². The molecule has 0 saturated carbocycles. The van der Waals surface area contributed by atoms with Gasteiger partial charge in [-0.2, -0.15) is 0 Å². The van der Waals surface area contributed by atoms with Crippen LogP contribution in [0.2, 0.25) is 0 Å². The van der Waals surface area contributed by atoms with Gasteiger partial charge in [-0.05, 0) is 24.3 Å². The highest BCUT2D eigenvalue weighted by molar-refractivity contribution is 7.91. The number of hydrogen-bond donors (Lipinski definition) is 1. The van der Waals surface area contributed by atoms with E-state index in [1.54, 1.807) is 6.92 Å². The van der Waals surface area contributed by atoms with E-state index in [0.29, 0.717) is 5.56 Å². The molecule has 0 saturated heterocycles. The largest absolute Gasteiger partial charge is 0.355 e. The van der Waals surface area contributed by atoms with Crippen LogP contribution >= 0.6 is 0 Å². The summed E-state index contributed by atoms with van der Waals surface area (Å²) in [6.45, 7) is 1.59. The van der Waals surface area contributed by atoms with Crippen molar-refractivity contribution in [1.29, 1.82) is 0 Å². The van der Waals surface area contributed by atoms with Gasteiger partial charge in [0, 0.05) is 12.6 Å². The van der Waals surface area contributed by atoms with Crippen LogP contribution in [0.3, 0.4) is 0 Å². The van der Waals surface area contributed by atoms with Gasteiger partial charge in [0.05, 0.1) is 10.6 Å². The fraction of sp³-hybridized carbons (Fsp3) is 0.300. The Kier molecular flexibility index (Phi) is 3.47. The molecule has 1 aromatic carbocycles. The monoisotopic (exact) mass is 227 g/mol. The Morgan fingerprint density at radius 2 is 1.80 bits per heavy atom. The van der Waals surface area contributed by atoms with E-state index in [4.69, 9.17) is 0 Å². The van der Waals surface area contributed by atoms with Crippen molar-refractivity contribution in [3.8, 4) is 0 Å². The van der Waals surface area contributed by atoms with Crippen LogP contribution in [-0.4, -0.2) is 27.1 Å². The predicted octanol–water partition coefficient (Wildman–Crippen LogP) is 0.840. The first-order valence-electron chi connectivity index (χ1n) is 4.56. The molecule has 4 nitrogen and oxygen atoms in total. The number of carbonyl (C=O) groups excluding carboxylic acids is 1. The lowest BCUT2D eigenvalue weighted by molar-refractivity contribution is 0.0963. The Hall–Kier alpha value is -1.36. The highest BCUT2D eigenvalue weighted by Gasteiger charge is 2.11. The van der Waals surface area contributed by atoms with Crippen LogP contribution in [0.5, 0.6) is 0 Å². The minimum atomic E-state index is -3.18. The van der Waals surface area contributed by atoms with Gasteiger partial charge in [0.25, 0.3) is 5.91 Å². The first-order chi connectivity index (χ1) is 7.01. The molecule has 0 unspecified atom stereocenters. The van der Waals surface area contributed by atoms with Crippen molar-refractivity contribution in [2.45, 2.75) is 11.8 Å². The van der Waals surface area contributed by atoms with Gasteiger partial charge < -0.3 is 5.32 Å². The fourth-order valence-electron chi connectivity index (χ4n) is 1.12. The SMILES string of the molecule is CCS(=O)(=O)c1ccc(C(=O)NC)cc1. The second-order valence-corrected chi connectivity index (χ2v) is 5.29. The van der Waals surface area contributed by atoms with Crippen molar-refractivity contribution in [2.24, 2.45) is 0 Å². The van der Waals surface area contributed by atoms with Crippen LogP contribution in [0.1, 0.15) is 17.3 Å². The molecule has 0 fully saturated rings. The molecule has 15 heavy (non-hydrogen) atoms. The van der Waals surface area contributed by atoms with Crippen LogP contribution < -0.4 is 5.32 Å². The second-order valence-electron chi connectivity index (χ2n) is 3.01. The minimum absolute atomic E-state index is 0.0618. The summed E-state index contributed by atoms with van der Waals surface area (Å²) in [6, 6.07) is 5.90. The maximum absolute atomic E-state index is 11.5. The summed E-state index contributed by atoms with van der Waals surface area (Å²) in [5, 5.41) is 2.47. The van der Waals surface area contributed by atoms with Crippen molar-refractivity contribution in [1.82, 2.24) is 5.32 Å². The van der Waals surface area contributed by atoms with Crippen molar-refractivity contribution < 1.29 is 13.2 Å². The van der Waals surface area contributed by atoms with Crippen LogP contribution in [-0.2, 0) is 9.84 Å². The van der Waals surface area contributed by atoms with E-state index in [1.165, 1.54) is 31.3 Å². The topological polar surface area (TPSA) is 63.2 Å². The predicted molar refractivity (Wildman–Crippen MR) is 57.6 cm³/mol. The van der Waals surface area contributed by atoms with E-state index in [-0.39, 0.29) is 16.6 Å². The van der Waals surface area contributed by atoms with Gasteiger partial charge in [0.15, 0.2) is 9.84 Å². The Labute approximate surface area is 89.2 Å². The van der Waals surface area contributed by atoms with Gasteiger partial charge in [-0.1, -0.05) is 6.92 Å². The van der Waals surface area contributed by atoms with Crippen molar-refractivity contribution in [3.05, 3.63) is 29.8 Å². The molecule has 1 aromatic rings. The third-order valence-corrected chi connectivity index (χ3v) is 3.83. The molecule has 0 atom stereocenters. The highest BCUT2D eigenvalue weighted by Crippen LogP contribution is 2.12. The average Bonchev–Trinajstić information content (AvgIpc) is 2.28. The van der Waals surface area contributed by atoms with Crippen molar-refractivity contribution in [2.75, 3.05) is 12.8 Å². The summed E-state index contributed by atoms with van der Waals surface area (Å²) in [4.78, 5) is 11.4. The van der Waals surface area contributed by atoms with E-state index in [2.05, 4.69) is 5.32 Å². The Balaban J connectivity index is 3.06. The number of sulfone groups is 1. The molecule has 0 aromatic heterocycles. The third kappa shape index (κ3) is 2.56. The van der Waals surface area contributed by atoms with Crippen molar-refractivity contribution >= 4 is 15.7 Å². The second kappa shape index (κ2) is 4.44. The average molecular weight is 227 g/mol. The van der Waals surface area contributed by atoms with Gasteiger partial charge >= 0.3 is 0 Å². The highest BCUT2D eigenvalue weighted by atomic mass is 32.2. The van der Waals surface area contributed by atoms with E-state index in [0.717, 1.165) is 0 Å². The van der Waals surface area contributed by atoms with Crippen LogP contribution in [0.25, 0.3) is 0 Å². The molecule has 0 aliphatic carbocycles. The first kappa shape index (κ1) is 11.7. The lowest BCUT2D eigenvalue weighted by Gasteiger charge is -2.02. The molecule has 0 bridgehead atoms. The number of rotatable bonds is 3. The van der Waals surface area contributed by atoms with E-state index < -0.39 is 9.84 Å². The Morgan fingerprint density at radius 3 is 2.20 bits per heavy atom. The maximum atomic E-state index is 11.5. The molecule has 0 aliphatic rings. The standard InChI is InChI=1S/C10H13NO3S/c1-3-15(13,14)9-6-4-8(5-7-9)10(12)11-2/h4-7H,3H2,1-2H3,(H,11,12). The molecule has 0 radical (unpaired) electrons. The number of benzene rings is 1. The maximum Gasteiger partial charge on any atom is 0.251 e. The molecule has 0 heterocycles. The van der Waals surface area contributed by atoms with Crippen LogP contribution in [0.15, 0.2) is 29.2 Å². The molecule has 1 N–H and O–H groups in total. The van der Waals surface area contributed by atoms with Gasteiger partial charge in [0.2, 0.25) is 0 Å². The zero-order valence-electron chi connectivity index (χ0n) is 8.65. The van der Waals surface area contributed by atoms with Crippen LogP contribution in [0.4, 0.5) is 0 Å². The lowest BCUT2D eigenvalue weighted by atomic mass is 10.2. The number of amides is 1. The fourth-order valence-corrected chi connectivity index (χ4v) is 2.01. The molecule has 5 heteroatoms. The zero-order chi connectivity index (χ0) is 11.5. The quantitative estimate of drug-likeness (QED) is 0.832. The van der Waals surface area contributed by atoms with Gasteiger partial charge in [-0.15, -0.1) is 0 Å². The van der Waals surface area contributed by atoms with Gasteiger partial charge in [0.1, 0.15) is 0 Å². The molecular weight excluding hydrogens is 214 g/mol. The molecule has 1 amide bonds. The smallest absolute Gasteiger partial charge is 0.251 e. The number of nitrogens with one attached hydrogen (secondary N) is 1. The van der Waals surface area contributed by atoms with Gasteiger partial charge in [-0.25, -0.2) is 8.42 Å². The molecule has 1 rings (SSSR count). The van der Waals surface area contributed by atoms with E-state index in [1.807, 2.05) is 0 Å². The third-order valence-electron chi connectivity index (χ3n) is 2.08. The molecule has 82 valence electrons. The minimum Gasteiger partial charge on any atom is -0.355 e. The molecule has 0 aliphatic heterocycles. The lowest BCUT2D eigenvalue weighted by Crippen LogP contribution is -2.17. The summed E-state index contributed by atoms with van der Waals surface area (Å²) in [5.41, 5.74) is 0.451.